The van der Waals surface area contributed by atoms with E-state index in [9.17, 15) is 9.59 Å². The monoisotopic (exact) mass is 208 g/mol. The van der Waals surface area contributed by atoms with E-state index < -0.39 is 5.69 Å². The second-order valence-electron chi connectivity index (χ2n) is 3.37. The summed E-state index contributed by atoms with van der Waals surface area (Å²) >= 11 is 0. The average Bonchev–Trinajstić information content (AvgIpc) is 2.71. The van der Waals surface area contributed by atoms with Crippen molar-refractivity contribution in [3.63, 3.8) is 0 Å². The summed E-state index contributed by atoms with van der Waals surface area (Å²) in [6.45, 7) is 1.87. The van der Waals surface area contributed by atoms with Crippen LogP contribution < -0.4 is 11.2 Å². The third-order valence-corrected chi connectivity index (χ3v) is 2.40. The van der Waals surface area contributed by atoms with Crippen molar-refractivity contribution < 1.29 is 4.74 Å². The minimum absolute atomic E-state index is 0.315. The van der Waals surface area contributed by atoms with E-state index in [1.165, 1.54) is 4.57 Å². The number of H-pyrrole nitrogens is 1. The Hall–Kier alpha value is -1.78. The van der Waals surface area contributed by atoms with Gasteiger partial charge in [-0.25, -0.2) is 4.79 Å². The second kappa shape index (κ2) is 3.76. The molecule has 0 amide bonds. The molecule has 0 spiro atoms. The van der Waals surface area contributed by atoms with Crippen molar-refractivity contribution in [2.75, 3.05) is 0 Å². The van der Waals surface area contributed by atoms with E-state index in [0.29, 0.717) is 18.4 Å². The van der Waals surface area contributed by atoms with Gasteiger partial charge in [-0.05, 0) is 12.5 Å². The smallest absolute Gasteiger partial charge is 0.331 e. The molecule has 0 aromatic carbocycles. The van der Waals surface area contributed by atoms with Crippen molar-refractivity contribution in [3.05, 3.63) is 44.9 Å². The van der Waals surface area contributed by atoms with Gasteiger partial charge in [-0.2, -0.15) is 0 Å². The van der Waals surface area contributed by atoms with Gasteiger partial charge in [0.2, 0.25) is 0 Å². The third kappa shape index (κ3) is 1.72. The zero-order valence-electron chi connectivity index (χ0n) is 8.40. The lowest BCUT2D eigenvalue weighted by molar-refractivity contribution is 0.0994. The highest BCUT2D eigenvalue weighted by Gasteiger charge is 2.16. The van der Waals surface area contributed by atoms with Crippen LogP contribution in [0.5, 0.6) is 0 Å². The third-order valence-electron chi connectivity index (χ3n) is 2.40. The summed E-state index contributed by atoms with van der Waals surface area (Å²) in [4.78, 5) is 25.1. The van der Waals surface area contributed by atoms with Crippen LogP contribution in [0.15, 0.2) is 28.1 Å². The lowest BCUT2D eigenvalue weighted by atomic mass is 10.2. The quantitative estimate of drug-likeness (QED) is 0.771. The lowest BCUT2D eigenvalue weighted by Crippen LogP contribution is -2.33. The number of hydrogen-bond donors (Lipinski definition) is 1. The van der Waals surface area contributed by atoms with Gasteiger partial charge >= 0.3 is 5.69 Å². The molecule has 0 saturated heterocycles. The molecule has 1 aliphatic rings. The molecule has 0 fully saturated rings. The van der Waals surface area contributed by atoms with E-state index in [2.05, 4.69) is 4.98 Å². The molecule has 1 N–H and O–H groups in total. The largest absolute Gasteiger partial charge is 0.478 e. The summed E-state index contributed by atoms with van der Waals surface area (Å²) in [7, 11) is 0. The van der Waals surface area contributed by atoms with Crippen molar-refractivity contribution >= 4 is 0 Å². The van der Waals surface area contributed by atoms with E-state index in [4.69, 9.17) is 4.74 Å². The Labute approximate surface area is 86.0 Å². The van der Waals surface area contributed by atoms with Crippen LogP contribution in [-0.4, -0.2) is 9.55 Å². The molecule has 0 radical (unpaired) electrons. The van der Waals surface area contributed by atoms with Crippen molar-refractivity contribution in [1.29, 1.82) is 0 Å². The van der Waals surface area contributed by atoms with Crippen molar-refractivity contribution in [1.82, 2.24) is 9.55 Å². The Morgan fingerprint density at radius 2 is 2.40 bits per heavy atom. The fraction of sp³-hybridized carbons (Fsp3) is 0.400. The van der Waals surface area contributed by atoms with E-state index in [1.54, 1.807) is 12.5 Å². The summed E-state index contributed by atoms with van der Waals surface area (Å²) in [5.74, 6) is 0. The van der Waals surface area contributed by atoms with Crippen molar-refractivity contribution in [2.45, 2.75) is 26.0 Å². The molecule has 2 heterocycles. The van der Waals surface area contributed by atoms with Crippen LogP contribution in [0, 0.1) is 0 Å². The van der Waals surface area contributed by atoms with Crippen LogP contribution in [0.3, 0.4) is 0 Å². The molecule has 0 bridgehead atoms. The number of aryl methyl sites for hydroxylation is 1. The fourth-order valence-electron chi connectivity index (χ4n) is 1.55. The van der Waals surface area contributed by atoms with Crippen LogP contribution in [0.2, 0.25) is 0 Å². The molecule has 2 rings (SSSR count). The normalized spacial score (nSPS) is 19.1. The van der Waals surface area contributed by atoms with E-state index in [0.717, 1.165) is 0 Å². The van der Waals surface area contributed by atoms with Crippen LogP contribution in [0.1, 0.15) is 25.1 Å². The molecule has 0 aliphatic carbocycles. The van der Waals surface area contributed by atoms with Gasteiger partial charge < -0.3 is 4.74 Å². The summed E-state index contributed by atoms with van der Waals surface area (Å²) < 4.78 is 6.64. The van der Waals surface area contributed by atoms with Gasteiger partial charge in [0.25, 0.3) is 5.56 Å². The highest BCUT2D eigenvalue weighted by atomic mass is 16.5. The standard InChI is InChI=1S/C10H12N2O3/c1-2-7-6-12(8-4-3-5-15-8)10(14)11-9(7)13/h3,5-6,8H,2,4H2,1H3,(H,11,13,14)/t8-/m1/s1. The number of nitrogens with one attached hydrogen (secondary N) is 1. The summed E-state index contributed by atoms with van der Waals surface area (Å²) in [5, 5.41) is 0. The van der Waals surface area contributed by atoms with Gasteiger partial charge in [-0.1, -0.05) is 6.92 Å². The Bertz CT molecular complexity index is 490. The molecule has 0 unspecified atom stereocenters. The summed E-state index contributed by atoms with van der Waals surface area (Å²) in [6, 6.07) is 0. The van der Waals surface area contributed by atoms with Crippen LogP contribution in [0.25, 0.3) is 0 Å². The molecule has 1 aromatic heterocycles. The topological polar surface area (TPSA) is 64.1 Å². The number of aromatic amines is 1. The lowest BCUT2D eigenvalue weighted by Gasteiger charge is -2.13. The predicted molar refractivity (Wildman–Crippen MR) is 54.6 cm³/mol. The molecular weight excluding hydrogens is 196 g/mol. The average molecular weight is 208 g/mol. The van der Waals surface area contributed by atoms with Crippen LogP contribution in [-0.2, 0) is 11.2 Å². The maximum atomic E-state index is 11.5. The number of aromatic nitrogens is 2. The molecule has 0 saturated carbocycles. The van der Waals surface area contributed by atoms with Gasteiger partial charge in [0.15, 0.2) is 6.23 Å². The molecule has 15 heavy (non-hydrogen) atoms. The minimum Gasteiger partial charge on any atom is -0.478 e. The Morgan fingerprint density at radius 3 is 3.00 bits per heavy atom. The summed E-state index contributed by atoms with van der Waals surface area (Å²) in [5.41, 5.74) is -0.152. The molecule has 5 nitrogen and oxygen atoms in total. The van der Waals surface area contributed by atoms with E-state index >= 15 is 0 Å². The van der Waals surface area contributed by atoms with Gasteiger partial charge in [0.05, 0.1) is 6.26 Å². The first-order valence-corrected chi connectivity index (χ1v) is 4.87. The Kier molecular flexibility index (Phi) is 2.45. The van der Waals surface area contributed by atoms with Gasteiger partial charge in [0.1, 0.15) is 0 Å². The maximum absolute atomic E-state index is 11.5. The summed E-state index contributed by atoms with van der Waals surface area (Å²) in [6.07, 6.45) is 5.89. The number of ether oxygens (including phenoxy) is 1. The first-order chi connectivity index (χ1) is 7.22. The zero-order valence-corrected chi connectivity index (χ0v) is 8.40. The first kappa shape index (κ1) is 9.76. The van der Waals surface area contributed by atoms with Gasteiger partial charge in [0, 0.05) is 18.2 Å². The molecule has 80 valence electrons. The van der Waals surface area contributed by atoms with Crippen molar-refractivity contribution in [2.24, 2.45) is 0 Å². The maximum Gasteiger partial charge on any atom is 0.331 e. The Morgan fingerprint density at radius 1 is 1.60 bits per heavy atom. The van der Waals surface area contributed by atoms with E-state index in [1.807, 2.05) is 13.0 Å². The zero-order chi connectivity index (χ0) is 10.8. The van der Waals surface area contributed by atoms with Crippen LogP contribution >= 0.6 is 0 Å². The fourth-order valence-corrected chi connectivity index (χ4v) is 1.55. The minimum atomic E-state index is -0.425. The van der Waals surface area contributed by atoms with Gasteiger partial charge in [-0.3, -0.25) is 14.3 Å². The van der Waals surface area contributed by atoms with Gasteiger partial charge in [-0.15, -0.1) is 0 Å². The molecule has 1 aromatic rings. The number of hydrogen-bond acceptors (Lipinski definition) is 3. The predicted octanol–water partition coefficient (Wildman–Crippen LogP) is 0.532. The molecular formula is C10H12N2O3. The SMILES string of the molecule is CCc1cn([C@H]2CC=CO2)c(=O)[nH]c1=O. The Balaban J connectivity index is 2.47. The van der Waals surface area contributed by atoms with Crippen LogP contribution in [0.4, 0.5) is 0 Å². The highest BCUT2D eigenvalue weighted by Crippen LogP contribution is 2.17. The second-order valence-corrected chi connectivity index (χ2v) is 3.37. The molecule has 1 atom stereocenters. The molecule has 5 heteroatoms. The van der Waals surface area contributed by atoms with E-state index in [-0.39, 0.29) is 11.8 Å². The molecule has 1 aliphatic heterocycles. The first-order valence-electron chi connectivity index (χ1n) is 4.87. The highest BCUT2D eigenvalue weighted by molar-refractivity contribution is 5.05. The number of rotatable bonds is 2. The van der Waals surface area contributed by atoms with Crippen molar-refractivity contribution in [3.8, 4) is 0 Å². The number of nitrogens with zero attached hydrogens (tertiary/aromatic N) is 1.